The first kappa shape index (κ1) is 8.95. The second-order valence-electron chi connectivity index (χ2n) is 1.67. The van der Waals surface area contributed by atoms with Crippen LogP contribution in [0.4, 0.5) is 5.82 Å². The molecule has 0 amide bonds. The molecule has 0 atom stereocenters. The molecule has 0 aliphatic rings. The summed E-state index contributed by atoms with van der Waals surface area (Å²) in [5.74, 6) is 0.368. The van der Waals surface area contributed by atoms with Crippen LogP contribution in [0.2, 0.25) is 0 Å². The summed E-state index contributed by atoms with van der Waals surface area (Å²) < 4.78 is 0. The minimum atomic E-state index is 0. The van der Waals surface area contributed by atoms with Gasteiger partial charge in [-0.3, -0.25) is 0 Å². The Morgan fingerprint density at radius 1 is 1.56 bits per heavy atom. The molecule has 1 aromatic heterocycles. The topological polar surface area (TPSA) is 36.7 Å². The van der Waals surface area contributed by atoms with Gasteiger partial charge in [0.05, 0.1) is 0 Å². The number of nitrogens with zero attached hydrogens (tertiary/aromatic N) is 1. The Hall–Kier alpha value is -0.0500. The van der Waals surface area contributed by atoms with Gasteiger partial charge in [-0.25, -0.2) is 0 Å². The van der Waals surface area contributed by atoms with E-state index in [9.17, 15) is 0 Å². The molecule has 42 valence electrons. The Bertz CT molecular complexity index is 167. The van der Waals surface area contributed by atoms with E-state index >= 15 is 0 Å². The molecule has 9 heavy (non-hydrogen) atoms. The van der Waals surface area contributed by atoms with Gasteiger partial charge in [-0.1, -0.05) is 29.7 Å². The third-order valence-corrected chi connectivity index (χ3v) is 1.01. The van der Waals surface area contributed by atoms with Gasteiger partial charge in [0.2, 0.25) is 0 Å². The van der Waals surface area contributed by atoms with Crippen molar-refractivity contribution in [2.24, 2.45) is 0 Å². The van der Waals surface area contributed by atoms with Gasteiger partial charge in [-0.2, -0.15) is 0 Å². The SMILES string of the molecule is Cc1cccnc1[NH-].[Na+]. The zero-order valence-corrected chi connectivity index (χ0v) is 7.68. The van der Waals surface area contributed by atoms with E-state index in [4.69, 9.17) is 5.73 Å². The monoisotopic (exact) mass is 130 g/mol. The number of hydrogen-bond acceptors (Lipinski definition) is 1. The molecule has 0 unspecified atom stereocenters. The summed E-state index contributed by atoms with van der Waals surface area (Å²) in [5.41, 5.74) is 8.03. The second-order valence-corrected chi connectivity index (χ2v) is 1.67. The Kier molecular flexibility index (Phi) is 3.86. The van der Waals surface area contributed by atoms with Gasteiger partial charge in [0, 0.05) is 0 Å². The Balaban J connectivity index is 0.000000640. The van der Waals surface area contributed by atoms with Gasteiger partial charge in [0.25, 0.3) is 0 Å². The fourth-order valence-corrected chi connectivity index (χ4v) is 0.486. The molecular weight excluding hydrogens is 123 g/mol. The molecule has 1 aromatic rings. The van der Waals surface area contributed by atoms with Crippen molar-refractivity contribution >= 4 is 5.82 Å². The van der Waals surface area contributed by atoms with Crippen molar-refractivity contribution in [1.82, 2.24) is 4.98 Å². The third-order valence-electron chi connectivity index (χ3n) is 1.01. The molecule has 3 heteroatoms. The van der Waals surface area contributed by atoms with E-state index in [1.54, 1.807) is 6.20 Å². The van der Waals surface area contributed by atoms with E-state index in [2.05, 4.69) is 4.98 Å². The van der Waals surface area contributed by atoms with Crippen LogP contribution in [-0.4, -0.2) is 4.98 Å². The van der Waals surface area contributed by atoms with Crippen LogP contribution < -0.4 is 29.6 Å². The molecule has 0 fully saturated rings. The van der Waals surface area contributed by atoms with Crippen molar-refractivity contribution in [3.05, 3.63) is 29.6 Å². The Morgan fingerprint density at radius 3 is 2.56 bits per heavy atom. The minimum Gasteiger partial charge on any atom is -0.482 e. The number of aromatic nitrogens is 1. The molecule has 0 saturated heterocycles. The molecule has 0 aromatic carbocycles. The number of pyridine rings is 1. The normalized spacial score (nSPS) is 8.11. The van der Waals surface area contributed by atoms with Crippen LogP contribution in [0.25, 0.3) is 5.73 Å². The smallest absolute Gasteiger partial charge is 0.482 e. The average Bonchev–Trinajstić information content (AvgIpc) is 1.77. The maximum atomic E-state index is 7.11. The van der Waals surface area contributed by atoms with Gasteiger partial charge >= 0.3 is 29.6 Å². The van der Waals surface area contributed by atoms with Crippen LogP contribution in [0.15, 0.2) is 18.3 Å². The van der Waals surface area contributed by atoms with Crippen molar-refractivity contribution in [2.45, 2.75) is 6.92 Å². The summed E-state index contributed by atoms with van der Waals surface area (Å²) in [5, 5.41) is 0. The predicted octanol–water partition coefficient (Wildman–Crippen LogP) is -0.922. The van der Waals surface area contributed by atoms with Crippen molar-refractivity contribution in [2.75, 3.05) is 0 Å². The number of aryl methyl sites for hydroxylation is 1. The fourth-order valence-electron chi connectivity index (χ4n) is 0.486. The number of nitrogens with one attached hydrogen (secondary N) is 1. The summed E-state index contributed by atoms with van der Waals surface area (Å²) in [7, 11) is 0. The maximum Gasteiger partial charge on any atom is 1.00 e. The first-order valence-corrected chi connectivity index (χ1v) is 2.44. The van der Waals surface area contributed by atoms with Crippen LogP contribution in [-0.2, 0) is 0 Å². The fraction of sp³-hybridized carbons (Fsp3) is 0.167. The van der Waals surface area contributed by atoms with Crippen LogP contribution in [0.1, 0.15) is 5.56 Å². The summed E-state index contributed by atoms with van der Waals surface area (Å²) in [6.07, 6.45) is 1.62. The summed E-state index contributed by atoms with van der Waals surface area (Å²) in [6, 6.07) is 3.70. The van der Waals surface area contributed by atoms with Crippen molar-refractivity contribution < 1.29 is 29.6 Å². The van der Waals surface area contributed by atoms with Gasteiger partial charge in [0.1, 0.15) is 0 Å². The van der Waals surface area contributed by atoms with Crippen LogP contribution in [0.3, 0.4) is 0 Å². The molecule has 0 saturated carbocycles. The molecule has 2 nitrogen and oxygen atoms in total. The van der Waals surface area contributed by atoms with Gasteiger partial charge in [-0.15, -0.1) is 0 Å². The first-order valence-electron chi connectivity index (χ1n) is 2.44. The third kappa shape index (κ3) is 2.35. The van der Waals surface area contributed by atoms with Gasteiger partial charge in [0.15, 0.2) is 0 Å². The second kappa shape index (κ2) is 3.88. The van der Waals surface area contributed by atoms with Crippen molar-refractivity contribution in [1.29, 1.82) is 0 Å². The van der Waals surface area contributed by atoms with Gasteiger partial charge < -0.3 is 10.7 Å². The largest absolute Gasteiger partial charge is 1.00 e. The maximum absolute atomic E-state index is 7.11. The number of hydrogen-bond donors (Lipinski definition) is 0. The van der Waals surface area contributed by atoms with E-state index in [0.29, 0.717) is 5.82 Å². The van der Waals surface area contributed by atoms with Crippen LogP contribution >= 0.6 is 0 Å². The molecule has 0 aliphatic heterocycles. The van der Waals surface area contributed by atoms with E-state index in [1.807, 2.05) is 19.1 Å². The van der Waals surface area contributed by atoms with Crippen molar-refractivity contribution in [3.63, 3.8) is 0 Å². The molecule has 0 radical (unpaired) electrons. The summed E-state index contributed by atoms with van der Waals surface area (Å²) >= 11 is 0. The molecule has 1 rings (SSSR count). The number of rotatable bonds is 0. The predicted molar refractivity (Wildman–Crippen MR) is 33.0 cm³/mol. The standard InChI is InChI=1S/C6H7N2.Na/c1-5-3-2-4-8-6(5)7;/h2-4H,1H3,(H-,7,8);/q-1;+1. The minimum absolute atomic E-state index is 0. The first-order chi connectivity index (χ1) is 3.80. The van der Waals surface area contributed by atoms with Crippen LogP contribution in [0.5, 0.6) is 0 Å². The van der Waals surface area contributed by atoms with E-state index in [1.165, 1.54) is 0 Å². The van der Waals surface area contributed by atoms with Crippen LogP contribution in [0, 0.1) is 6.92 Å². The molecule has 0 aliphatic carbocycles. The zero-order chi connectivity index (χ0) is 5.98. The molecule has 0 spiro atoms. The molecule has 0 bridgehead atoms. The zero-order valence-electron chi connectivity index (χ0n) is 5.68. The quantitative estimate of drug-likeness (QED) is 0.418. The Morgan fingerprint density at radius 2 is 2.22 bits per heavy atom. The van der Waals surface area contributed by atoms with Gasteiger partial charge in [-0.05, 0) is 6.92 Å². The van der Waals surface area contributed by atoms with Crippen molar-refractivity contribution in [3.8, 4) is 0 Å². The van der Waals surface area contributed by atoms with E-state index in [0.717, 1.165) is 5.56 Å². The summed E-state index contributed by atoms with van der Waals surface area (Å²) in [4.78, 5) is 3.75. The molecular formula is C6H7N2Na. The van der Waals surface area contributed by atoms with E-state index < -0.39 is 0 Å². The van der Waals surface area contributed by atoms with E-state index in [-0.39, 0.29) is 29.6 Å². The Labute approximate surface area is 76.8 Å². The molecule has 1 heterocycles. The summed E-state index contributed by atoms with van der Waals surface area (Å²) in [6.45, 7) is 1.87. The molecule has 1 N–H and O–H groups in total. The average molecular weight is 130 g/mol.